The van der Waals surface area contributed by atoms with E-state index in [0.717, 1.165) is 5.56 Å². The van der Waals surface area contributed by atoms with Crippen LogP contribution in [0.2, 0.25) is 20.1 Å². The molecule has 0 fully saturated rings. The second-order valence-corrected chi connectivity index (χ2v) is 8.07. The van der Waals surface area contributed by atoms with Crippen LogP contribution < -0.4 is 14.8 Å². The van der Waals surface area contributed by atoms with Gasteiger partial charge in [-0.25, -0.2) is 4.79 Å². The molecule has 0 radical (unpaired) electrons. The smallest absolute Gasteiger partial charge is 0.337 e. The Hall–Kier alpha value is -2.31. The number of hydrogen-bond donors (Lipinski definition) is 2. The molecule has 0 aromatic heterocycles. The average molecular weight is 501 g/mol. The van der Waals surface area contributed by atoms with Gasteiger partial charge in [0.1, 0.15) is 6.61 Å². The van der Waals surface area contributed by atoms with Gasteiger partial charge in [0.2, 0.25) is 0 Å². The molecule has 9 heteroatoms. The van der Waals surface area contributed by atoms with Gasteiger partial charge in [0.25, 0.3) is 0 Å². The van der Waals surface area contributed by atoms with E-state index in [1.165, 1.54) is 19.2 Å². The predicted octanol–water partition coefficient (Wildman–Crippen LogP) is 7.20. The average Bonchev–Trinajstić information content (AvgIpc) is 2.73. The fourth-order valence-electron chi connectivity index (χ4n) is 2.80. The van der Waals surface area contributed by atoms with Gasteiger partial charge in [0.05, 0.1) is 17.7 Å². The molecule has 0 aliphatic heterocycles. The van der Waals surface area contributed by atoms with Crippen LogP contribution in [0.4, 0.5) is 5.69 Å². The van der Waals surface area contributed by atoms with E-state index in [4.69, 9.17) is 55.9 Å². The van der Waals surface area contributed by atoms with Gasteiger partial charge in [-0.05, 0) is 42.0 Å². The summed E-state index contributed by atoms with van der Waals surface area (Å²) >= 11 is 24.7. The maximum atomic E-state index is 11.2. The molecule has 31 heavy (non-hydrogen) atoms. The first-order valence-corrected chi connectivity index (χ1v) is 10.5. The van der Waals surface area contributed by atoms with Crippen molar-refractivity contribution in [2.45, 2.75) is 13.2 Å². The van der Waals surface area contributed by atoms with Gasteiger partial charge in [0.15, 0.2) is 11.5 Å². The summed E-state index contributed by atoms with van der Waals surface area (Å²) in [5, 5.41) is 13.9. The van der Waals surface area contributed by atoms with Crippen molar-refractivity contribution in [1.82, 2.24) is 0 Å². The number of aromatic carboxylic acids is 1. The van der Waals surface area contributed by atoms with Crippen LogP contribution in [0.3, 0.4) is 0 Å². The van der Waals surface area contributed by atoms with E-state index >= 15 is 0 Å². The molecule has 0 atom stereocenters. The SMILES string of the molecule is COc1cc(CNc2ccc(Cl)c(C(=O)O)c2)c(Cl)cc1OCc1c(Cl)cccc1Cl. The number of anilines is 1. The molecule has 3 rings (SSSR count). The van der Waals surface area contributed by atoms with E-state index in [0.29, 0.717) is 44.4 Å². The number of halogens is 4. The third-order valence-corrected chi connectivity index (χ3v) is 5.84. The van der Waals surface area contributed by atoms with Crippen molar-refractivity contribution in [1.29, 1.82) is 0 Å². The van der Waals surface area contributed by atoms with E-state index in [1.807, 2.05) is 0 Å². The highest BCUT2D eigenvalue weighted by Crippen LogP contribution is 2.35. The Bertz CT molecular complexity index is 1100. The molecule has 0 saturated carbocycles. The van der Waals surface area contributed by atoms with Crippen LogP contribution >= 0.6 is 46.4 Å². The zero-order valence-corrected chi connectivity index (χ0v) is 19.2. The molecule has 3 aromatic carbocycles. The van der Waals surface area contributed by atoms with Gasteiger partial charge >= 0.3 is 5.97 Å². The summed E-state index contributed by atoms with van der Waals surface area (Å²) in [5.41, 5.74) is 1.99. The summed E-state index contributed by atoms with van der Waals surface area (Å²) < 4.78 is 11.3. The zero-order valence-electron chi connectivity index (χ0n) is 16.2. The first-order chi connectivity index (χ1) is 14.8. The van der Waals surface area contributed by atoms with Gasteiger partial charge in [-0.2, -0.15) is 0 Å². The number of carboxylic acid groups (broad SMARTS) is 1. The van der Waals surface area contributed by atoms with Gasteiger partial charge in [-0.1, -0.05) is 52.5 Å². The van der Waals surface area contributed by atoms with Gasteiger partial charge in [-0.3, -0.25) is 0 Å². The molecular formula is C22H17Cl4NO4. The lowest BCUT2D eigenvalue weighted by Gasteiger charge is -2.16. The highest BCUT2D eigenvalue weighted by Gasteiger charge is 2.14. The lowest BCUT2D eigenvalue weighted by molar-refractivity contribution is 0.0697. The molecule has 0 unspecified atom stereocenters. The second-order valence-electron chi connectivity index (χ2n) is 6.44. The van der Waals surface area contributed by atoms with Crippen molar-refractivity contribution in [3.05, 3.63) is 85.3 Å². The number of ether oxygens (including phenoxy) is 2. The fourth-order valence-corrected chi connectivity index (χ4v) is 3.73. The third-order valence-electron chi connectivity index (χ3n) is 4.45. The minimum atomic E-state index is -1.10. The Labute approximate surface area is 199 Å². The van der Waals surface area contributed by atoms with Crippen molar-refractivity contribution in [2.24, 2.45) is 0 Å². The molecule has 0 aliphatic rings. The lowest BCUT2D eigenvalue weighted by atomic mass is 10.1. The Morgan fingerprint density at radius 2 is 1.65 bits per heavy atom. The number of rotatable bonds is 8. The quantitative estimate of drug-likeness (QED) is 0.342. The van der Waals surface area contributed by atoms with Crippen LogP contribution in [0.5, 0.6) is 11.5 Å². The summed E-state index contributed by atoms with van der Waals surface area (Å²) in [6, 6.07) is 13.3. The maximum Gasteiger partial charge on any atom is 0.337 e. The summed E-state index contributed by atoms with van der Waals surface area (Å²) in [6.07, 6.45) is 0. The summed E-state index contributed by atoms with van der Waals surface area (Å²) in [7, 11) is 1.52. The molecule has 2 N–H and O–H groups in total. The zero-order chi connectivity index (χ0) is 22.5. The first kappa shape index (κ1) is 23.4. The largest absolute Gasteiger partial charge is 0.493 e. The predicted molar refractivity (Wildman–Crippen MR) is 125 cm³/mol. The number of hydrogen-bond acceptors (Lipinski definition) is 4. The fraction of sp³-hybridized carbons (Fsp3) is 0.136. The Morgan fingerprint density at radius 1 is 0.935 bits per heavy atom. The maximum absolute atomic E-state index is 11.2. The Balaban J connectivity index is 1.76. The standard InChI is InChI=1S/C22H17Cl4NO4/c1-30-20-7-12(10-27-13-5-6-18(25)14(8-13)22(28)29)19(26)9-21(20)31-11-15-16(23)3-2-4-17(15)24/h2-9,27H,10-11H2,1H3,(H,28,29). The highest BCUT2D eigenvalue weighted by molar-refractivity contribution is 6.36. The van der Waals surface area contributed by atoms with Crippen molar-refractivity contribution < 1.29 is 19.4 Å². The molecular weight excluding hydrogens is 484 g/mol. The van der Waals surface area contributed by atoms with Crippen LogP contribution in [0.1, 0.15) is 21.5 Å². The van der Waals surface area contributed by atoms with Crippen molar-refractivity contribution in [3.63, 3.8) is 0 Å². The first-order valence-electron chi connectivity index (χ1n) is 8.99. The summed E-state index contributed by atoms with van der Waals surface area (Å²) in [5.74, 6) is -0.188. The molecule has 3 aromatic rings. The molecule has 0 aliphatic carbocycles. The molecule has 162 valence electrons. The van der Waals surface area contributed by atoms with E-state index in [-0.39, 0.29) is 17.2 Å². The van der Waals surface area contributed by atoms with Crippen LogP contribution in [0.15, 0.2) is 48.5 Å². The van der Waals surface area contributed by atoms with E-state index < -0.39 is 5.97 Å². The monoisotopic (exact) mass is 499 g/mol. The molecule has 0 spiro atoms. The molecule has 0 bridgehead atoms. The van der Waals surface area contributed by atoms with Crippen LogP contribution in [0, 0.1) is 0 Å². The second kappa shape index (κ2) is 10.3. The molecule has 0 heterocycles. The molecule has 0 saturated heterocycles. The Kier molecular flexibility index (Phi) is 7.79. The van der Waals surface area contributed by atoms with E-state index in [9.17, 15) is 9.90 Å². The van der Waals surface area contributed by atoms with Crippen molar-refractivity contribution >= 4 is 58.1 Å². The van der Waals surface area contributed by atoms with Crippen molar-refractivity contribution in [2.75, 3.05) is 12.4 Å². The van der Waals surface area contributed by atoms with Crippen LogP contribution in [-0.4, -0.2) is 18.2 Å². The number of carbonyl (C=O) groups is 1. The number of nitrogens with one attached hydrogen (secondary N) is 1. The highest BCUT2D eigenvalue weighted by atomic mass is 35.5. The molecule has 0 amide bonds. The summed E-state index contributed by atoms with van der Waals surface area (Å²) in [6.45, 7) is 0.470. The number of carboxylic acids is 1. The van der Waals surface area contributed by atoms with Crippen molar-refractivity contribution in [3.8, 4) is 11.5 Å². The minimum absolute atomic E-state index is 0.0114. The van der Waals surface area contributed by atoms with Crippen LogP contribution in [-0.2, 0) is 13.2 Å². The number of benzene rings is 3. The lowest BCUT2D eigenvalue weighted by Crippen LogP contribution is -2.04. The van der Waals surface area contributed by atoms with Crippen LogP contribution in [0.25, 0.3) is 0 Å². The Morgan fingerprint density at radius 3 is 2.29 bits per heavy atom. The summed E-state index contributed by atoms with van der Waals surface area (Å²) in [4.78, 5) is 11.2. The van der Waals surface area contributed by atoms with Gasteiger partial charge in [0, 0.05) is 38.9 Å². The van der Waals surface area contributed by atoms with E-state index in [1.54, 1.807) is 36.4 Å². The van der Waals surface area contributed by atoms with Gasteiger partial charge in [-0.15, -0.1) is 0 Å². The van der Waals surface area contributed by atoms with E-state index in [2.05, 4.69) is 5.32 Å². The molecule has 5 nitrogen and oxygen atoms in total. The van der Waals surface area contributed by atoms with Gasteiger partial charge < -0.3 is 19.9 Å². The minimum Gasteiger partial charge on any atom is -0.493 e. The third kappa shape index (κ3) is 5.69. The number of methoxy groups -OCH3 is 1. The topological polar surface area (TPSA) is 67.8 Å². The normalized spacial score (nSPS) is 10.6.